The monoisotopic (exact) mass is 253 g/mol. The first-order valence-corrected chi connectivity index (χ1v) is 6.42. The Kier molecular flexibility index (Phi) is 4.90. The van der Waals surface area contributed by atoms with Gasteiger partial charge in [-0.05, 0) is 22.3 Å². The fourth-order valence-corrected chi connectivity index (χ4v) is 1.97. The normalized spacial score (nSPS) is 10.4. The molecule has 98 valence electrons. The van der Waals surface area contributed by atoms with Crippen molar-refractivity contribution >= 4 is 5.57 Å². The number of rotatable bonds is 6. The first-order valence-electron chi connectivity index (χ1n) is 6.42. The van der Waals surface area contributed by atoms with E-state index in [0.717, 1.165) is 24.2 Å². The van der Waals surface area contributed by atoms with Crippen molar-refractivity contribution in [1.29, 1.82) is 0 Å². The molecule has 0 spiro atoms. The summed E-state index contributed by atoms with van der Waals surface area (Å²) in [6.07, 6.45) is 0. The zero-order chi connectivity index (χ0) is 13.5. The summed E-state index contributed by atoms with van der Waals surface area (Å²) in [6.45, 7) is 5.71. The van der Waals surface area contributed by atoms with Gasteiger partial charge >= 0.3 is 0 Å². The smallest absolute Gasteiger partial charge is 0.0681 e. The molecular formula is C17H19NO. The molecule has 0 aromatic heterocycles. The Bertz CT molecular complexity index is 534. The van der Waals surface area contributed by atoms with Gasteiger partial charge in [0, 0.05) is 13.1 Å². The number of nitrogens with one attached hydrogen (secondary N) is 1. The standard InChI is InChI=1S/C17H19NO/c1-14(17-8-3-2-4-9-17)11-18-12-15-6-5-7-16(10-15)13-19/h2-10,18-19H,1,11-13H2. The molecule has 19 heavy (non-hydrogen) atoms. The summed E-state index contributed by atoms with van der Waals surface area (Å²) in [6, 6.07) is 18.1. The number of benzene rings is 2. The van der Waals surface area contributed by atoms with Crippen molar-refractivity contribution in [3.63, 3.8) is 0 Å². The average Bonchev–Trinajstić information content (AvgIpc) is 2.48. The van der Waals surface area contributed by atoms with Crippen LogP contribution in [-0.4, -0.2) is 11.7 Å². The van der Waals surface area contributed by atoms with Gasteiger partial charge in [-0.1, -0.05) is 61.2 Å². The van der Waals surface area contributed by atoms with E-state index >= 15 is 0 Å². The van der Waals surface area contributed by atoms with Crippen LogP contribution in [0.2, 0.25) is 0 Å². The molecule has 2 nitrogen and oxygen atoms in total. The molecule has 0 atom stereocenters. The van der Waals surface area contributed by atoms with Crippen LogP contribution in [0.5, 0.6) is 0 Å². The minimum absolute atomic E-state index is 0.0879. The Morgan fingerprint density at radius 2 is 1.74 bits per heavy atom. The van der Waals surface area contributed by atoms with E-state index in [9.17, 15) is 0 Å². The Hall–Kier alpha value is -1.90. The van der Waals surface area contributed by atoms with Crippen molar-refractivity contribution in [2.24, 2.45) is 0 Å². The molecule has 0 radical (unpaired) electrons. The SMILES string of the molecule is C=C(CNCc1cccc(CO)c1)c1ccccc1. The van der Waals surface area contributed by atoms with Gasteiger partial charge in [-0.3, -0.25) is 0 Å². The zero-order valence-corrected chi connectivity index (χ0v) is 11.0. The van der Waals surface area contributed by atoms with E-state index in [2.05, 4.69) is 30.1 Å². The molecule has 2 aromatic carbocycles. The van der Waals surface area contributed by atoms with E-state index < -0.39 is 0 Å². The van der Waals surface area contributed by atoms with Crippen LogP contribution in [0.4, 0.5) is 0 Å². The molecule has 0 unspecified atom stereocenters. The van der Waals surface area contributed by atoms with E-state index in [4.69, 9.17) is 5.11 Å². The lowest BCUT2D eigenvalue weighted by atomic mass is 10.1. The Morgan fingerprint density at radius 1 is 1.00 bits per heavy atom. The minimum atomic E-state index is 0.0879. The van der Waals surface area contributed by atoms with E-state index in [1.165, 1.54) is 11.1 Å². The van der Waals surface area contributed by atoms with Crippen molar-refractivity contribution in [3.8, 4) is 0 Å². The van der Waals surface area contributed by atoms with Crippen LogP contribution in [-0.2, 0) is 13.2 Å². The molecular weight excluding hydrogens is 234 g/mol. The molecule has 0 bridgehead atoms. The molecule has 0 saturated carbocycles. The number of hydrogen-bond acceptors (Lipinski definition) is 2. The van der Waals surface area contributed by atoms with Crippen LogP contribution in [0.3, 0.4) is 0 Å². The van der Waals surface area contributed by atoms with Gasteiger partial charge < -0.3 is 10.4 Å². The van der Waals surface area contributed by atoms with Crippen LogP contribution in [0.1, 0.15) is 16.7 Å². The Labute approximate surface area is 114 Å². The maximum atomic E-state index is 9.09. The van der Waals surface area contributed by atoms with Gasteiger partial charge in [-0.25, -0.2) is 0 Å². The quantitative estimate of drug-likeness (QED) is 0.829. The van der Waals surface area contributed by atoms with Crippen LogP contribution >= 0.6 is 0 Å². The lowest BCUT2D eigenvalue weighted by Crippen LogP contribution is -2.15. The van der Waals surface area contributed by atoms with Crippen molar-refractivity contribution in [3.05, 3.63) is 77.9 Å². The molecule has 0 heterocycles. The molecule has 0 aliphatic rings. The molecule has 2 rings (SSSR count). The predicted molar refractivity (Wildman–Crippen MR) is 79.5 cm³/mol. The molecule has 2 heteroatoms. The van der Waals surface area contributed by atoms with Gasteiger partial charge in [-0.15, -0.1) is 0 Å². The van der Waals surface area contributed by atoms with Gasteiger partial charge in [-0.2, -0.15) is 0 Å². The summed E-state index contributed by atoms with van der Waals surface area (Å²) in [5, 5.41) is 12.5. The third kappa shape index (κ3) is 4.05. The molecule has 0 aliphatic carbocycles. The minimum Gasteiger partial charge on any atom is -0.392 e. The lowest BCUT2D eigenvalue weighted by molar-refractivity contribution is 0.281. The van der Waals surface area contributed by atoms with E-state index in [0.29, 0.717) is 0 Å². The molecule has 0 aliphatic heterocycles. The largest absolute Gasteiger partial charge is 0.392 e. The van der Waals surface area contributed by atoms with Gasteiger partial charge in [0.2, 0.25) is 0 Å². The van der Waals surface area contributed by atoms with Crippen LogP contribution in [0.25, 0.3) is 5.57 Å². The van der Waals surface area contributed by atoms with Crippen LogP contribution in [0, 0.1) is 0 Å². The predicted octanol–water partition coefficient (Wildman–Crippen LogP) is 2.98. The fraction of sp³-hybridized carbons (Fsp3) is 0.176. The molecule has 2 N–H and O–H groups in total. The highest BCUT2D eigenvalue weighted by molar-refractivity contribution is 5.64. The second-order valence-corrected chi connectivity index (χ2v) is 4.55. The summed E-state index contributed by atoms with van der Waals surface area (Å²) < 4.78 is 0. The van der Waals surface area contributed by atoms with Crippen LogP contribution in [0.15, 0.2) is 61.2 Å². The Balaban J connectivity index is 1.85. The number of hydrogen-bond donors (Lipinski definition) is 2. The Morgan fingerprint density at radius 3 is 2.47 bits per heavy atom. The lowest BCUT2D eigenvalue weighted by Gasteiger charge is -2.09. The van der Waals surface area contributed by atoms with Crippen molar-refractivity contribution in [2.45, 2.75) is 13.2 Å². The summed E-state index contributed by atoms with van der Waals surface area (Å²) in [5.74, 6) is 0. The first-order chi connectivity index (χ1) is 9.29. The highest BCUT2D eigenvalue weighted by atomic mass is 16.3. The van der Waals surface area contributed by atoms with E-state index in [1.807, 2.05) is 36.4 Å². The molecule has 0 saturated heterocycles. The third-order valence-corrected chi connectivity index (χ3v) is 3.02. The third-order valence-electron chi connectivity index (χ3n) is 3.02. The first kappa shape index (κ1) is 13.5. The maximum Gasteiger partial charge on any atom is 0.0681 e. The summed E-state index contributed by atoms with van der Waals surface area (Å²) in [5.41, 5.74) is 4.37. The van der Waals surface area contributed by atoms with Gasteiger partial charge in [0.05, 0.1) is 6.61 Å². The molecule has 0 fully saturated rings. The van der Waals surface area contributed by atoms with Crippen molar-refractivity contribution in [1.82, 2.24) is 5.32 Å². The number of aliphatic hydroxyl groups is 1. The second kappa shape index (κ2) is 6.88. The summed E-state index contributed by atoms with van der Waals surface area (Å²) in [4.78, 5) is 0. The van der Waals surface area contributed by atoms with E-state index in [-0.39, 0.29) is 6.61 Å². The zero-order valence-electron chi connectivity index (χ0n) is 11.0. The fourth-order valence-electron chi connectivity index (χ4n) is 1.97. The molecule has 0 amide bonds. The maximum absolute atomic E-state index is 9.09. The summed E-state index contributed by atoms with van der Waals surface area (Å²) in [7, 11) is 0. The molecule has 2 aromatic rings. The van der Waals surface area contributed by atoms with Crippen LogP contribution < -0.4 is 5.32 Å². The number of aliphatic hydroxyl groups excluding tert-OH is 1. The average molecular weight is 253 g/mol. The highest BCUT2D eigenvalue weighted by Gasteiger charge is 1.99. The summed E-state index contributed by atoms with van der Waals surface area (Å²) >= 11 is 0. The van der Waals surface area contributed by atoms with Gasteiger partial charge in [0.25, 0.3) is 0 Å². The highest BCUT2D eigenvalue weighted by Crippen LogP contribution is 2.10. The van der Waals surface area contributed by atoms with Gasteiger partial charge in [0.1, 0.15) is 0 Å². The van der Waals surface area contributed by atoms with Crippen molar-refractivity contribution < 1.29 is 5.11 Å². The second-order valence-electron chi connectivity index (χ2n) is 4.55. The van der Waals surface area contributed by atoms with Crippen molar-refractivity contribution in [2.75, 3.05) is 6.54 Å². The van der Waals surface area contributed by atoms with E-state index in [1.54, 1.807) is 0 Å². The topological polar surface area (TPSA) is 32.3 Å². The van der Waals surface area contributed by atoms with Gasteiger partial charge in [0.15, 0.2) is 0 Å².